The molecule has 0 aromatic heterocycles. The molecule has 0 atom stereocenters. The number of nitrogens with one attached hydrogen (secondary N) is 1. The molecular weight excluding hydrogens is 266 g/mol. The number of benzene rings is 1. The van der Waals surface area contributed by atoms with Crippen LogP contribution >= 0.6 is 0 Å². The Morgan fingerprint density at radius 3 is 2.29 bits per heavy atom. The maximum absolute atomic E-state index is 12.3. The zero-order valence-corrected chi connectivity index (χ0v) is 13.3. The number of hydrogen-bond donors (Lipinski definition) is 1. The number of para-hydroxylation sites is 1. The van der Waals surface area contributed by atoms with E-state index in [1.807, 2.05) is 56.0 Å². The van der Waals surface area contributed by atoms with E-state index in [1.165, 1.54) is 0 Å². The predicted molar refractivity (Wildman–Crippen MR) is 85.2 cm³/mol. The van der Waals surface area contributed by atoms with Gasteiger partial charge >= 0.3 is 0 Å². The van der Waals surface area contributed by atoms with Crippen LogP contribution in [-0.2, 0) is 9.59 Å². The zero-order chi connectivity index (χ0) is 15.8. The minimum atomic E-state index is -0.0537. The van der Waals surface area contributed by atoms with Gasteiger partial charge in [0.2, 0.25) is 11.8 Å². The second-order valence-electron chi connectivity index (χ2n) is 5.31. The average Bonchev–Trinajstić information content (AvgIpc) is 2.45. The van der Waals surface area contributed by atoms with Gasteiger partial charge in [0.25, 0.3) is 0 Å². The van der Waals surface area contributed by atoms with Crippen LogP contribution in [0.3, 0.4) is 0 Å². The van der Waals surface area contributed by atoms with Crippen LogP contribution in [0.5, 0.6) is 0 Å². The van der Waals surface area contributed by atoms with E-state index in [2.05, 4.69) is 5.32 Å². The van der Waals surface area contributed by atoms with Crippen molar-refractivity contribution in [1.29, 1.82) is 0 Å². The summed E-state index contributed by atoms with van der Waals surface area (Å²) in [6.07, 6.45) is 0. The summed E-state index contributed by atoms with van der Waals surface area (Å²) >= 11 is 0. The first-order valence-corrected chi connectivity index (χ1v) is 7.27. The van der Waals surface area contributed by atoms with Gasteiger partial charge in [0, 0.05) is 18.8 Å². The third kappa shape index (κ3) is 5.95. The van der Waals surface area contributed by atoms with Crippen molar-refractivity contribution in [2.24, 2.45) is 0 Å². The monoisotopic (exact) mass is 291 g/mol. The van der Waals surface area contributed by atoms with Crippen molar-refractivity contribution in [2.45, 2.75) is 26.8 Å². The van der Waals surface area contributed by atoms with Gasteiger partial charge < -0.3 is 10.2 Å². The first kappa shape index (κ1) is 17.2. The molecule has 0 radical (unpaired) electrons. The molecular formula is C16H25N3O2. The molecule has 1 aromatic rings. The first-order valence-electron chi connectivity index (χ1n) is 7.27. The molecule has 0 saturated carbocycles. The zero-order valence-electron chi connectivity index (χ0n) is 13.3. The summed E-state index contributed by atoms with van der Waals surface area (Å²) in [5.41, 5.74) is 0.852. The van der Waals surface area contributed by atoms with Crippen LogP contribution in [0.1, 0.15) is 20.8 Å². The van der Waals surface area contributed by atoms with Gasteiger partial charge in [-0.15, -0.1) is 0 Å². The van der Waals surface area contributed by atoms with Crippen LogP contribution in [-0.4, -0.2) is 49.4 Å². The first-order chi connectivity index (χ1) is 9.93. The number of carbonyl (C=O) groups excluding carboxylic acids is 2. The van der Waals surface area contributed by atoms with Crippen molar-refractivity contribution < 1.29 is 9.59 Å². The highest BCUT2D eigenvalue weighted by Gasteiger charge is 2.17. The largest absolute Gasteiger partial charge is 0.353 e. The molecule has 0 fully saturated rings. The molecule has 0 bridgehead atoms. The lowest BCUT2D eigenvalue weighted by Crippen LogP contribution is -2.44. The van der Waals surface area contributed by atoms with Crippen molar-refractivity contribution in [2.75, 3.05) is 31.6 Å². The summed E-state index contributed by atoms with van der Waals surface area (Å²) in [7, 11) is 1.75. The summed E-state index contributed by atoms with van der Waals surface area (Å²) in [5, 5.41) is 2.84. The minimum absolute atomic E-state index is 0.0274. The van der Waals surface area contributed by atoms with Gasteiger partial charge in [0.1, 0.15) is 0 Å². The Balaban J connectivity index is 2.56. The molecule has 116 valence electrons. The van der Waals surface area contributed by atoms with Crippen LogP contribution in [0, 0.1) is 0 Å². The number of hydrogen-bond acceptors (Lipinski definition) is 3. The molecule has 0 aliphatic rings. The van der Waals surface area contributed by atoms with Gasteiger partial charge in [-0.3, -0.25) is 14.5 Å². The molecule has 5 nitrogen and oxygen atoms in total. The predicted octanol–water partition coefficient (Wildman–Crippen LogP) is 1.50. The Kier molecular flexibility index (Phi) is 6.88. The molecule has 0 aliphatic heterocycles. The lowest BCUT2D eigenvalue weighted by Gasteiger charge is -2.24. The summed E-state index contributed by atoms with van der Waals surface area (Å²) in [6, 6.07) is 9.59. The maximum Gasteiger partial charge on any atom is 0.240 e. The number of amides is 2. The lowest BCUT2D eigenvalue weighted by atomic mass is 10.3. The fourth-order valence-electron chi connectivity index (χ4n) is 1.94. The molecule has 5 heteroatoms. The Bertz CT molecular complexity index is 460. The van der Waals surface area contributed by atoms with Crippen LogP contribution in [0.25, 0.3) is 0 Å². The summed E-state index contributed by atoms with van der Waals surface area (Å²) in [4.78, 5) is 27.5. The van der Waals surface area contributed by atoms with Crippen LogP contribution in [0.4, 0.5) is 5.69 Å². The van der Waals surface area contributed by atoms with Crippen LogP contribution in [0.2, 0.25) is 0 Å². The van der Waals surface area contributed by atoms with Gasteiger partial charge in [-0.2, -0.15) is 0 Å². The lowest BCUT2D eigenvalue weighted by molar-refractivity contribution is -0.124. The van der Waals surface area contributed by atoms with Crippen LogP contribution in [0.15, 0.2) is 30.3 Å². The number of likely N-dealkylation sites (N-methyl/N-ethyl adjacent to an activating group) is 2. The molecule has 0 heterocycles. The second-order valence-corrected chi connectivity index (χ2v) is 5.31. The Labute approximate surface area is 126 Å². The highest BCUT2D eigenvalue weighted by atomic mass is 16.2. The van der Waals surface area contributed by atoms with E-state index in [0.29, 0.717) is 6.54 Å². The molecule has 1 rings (SSSR count). The topological polar surface area (TPSA) is 52.7 Å². The Morgan fingerprint density at radius 1 is 1.14 bits per heavy atom. The van der Waals surface area contributed by atoms with Gasteiger partial charge in [0.05, 0.1) is 13.1 Å². The van der Waals surface area contributed by atoms with E-state index in [0.717, 1.165) is 5.69 Å². The van der Waals surface area contributed by atoms with Crippen molar-refractivity contribution in [3.8, 4) is 0 Å². The average molecular weight is 291 g/mol. The Hall–Kier alpha value is -1.88. The molecule has 2 amide bonds. The third-order valence-electron chi connectivity index (χ3n) is 3.14. The van der Waals surface area contributed by atoms with Crippen molar-refractivity contribution in [3.05, 3.63) is 30.3 Å². The van der Waals surface area contributed by atoms with Gasteiger partial charge in [-0.1, -0.05) is 25.1 Å². The fourth-order valence-corrected chi connectivity index (χ4v) is 1.94. The smallest absolute Gasteiger partial charge is 0.240 e. The van der Waals surface area contributed by atoms with Gasteiger partial charge in [-0.05, 0) is 32.5 Å². The molecule has 21 heavy (non-hydrogen) atoms. The Morgan fingerprint density at radius 2 is 1.76 bits per heavy atom. The summed E-state index contributed by atoms with van der Waals surface area (Å²) in [5.74, 6) is -0.0811. The molecule has 0 unspecified atom stereocenters. The van der Waals surface area contributed by atoms with Gasteiger partial charge in [-0.25, -0.2) is 0 Å². The van der Waals surface area contributed by atoms with E-state index in [4.69, 9.17) is 0 Å². The maximum atomic E-state index is 12.3. The fraction of sp³-hybridized carbons (Fsp3) is 0.500. The molecule has 0 saturated heterocycles. The summed E-state index contributed by atoms with van der Waals surface area (Å²) in [6.45, 7) is 6.90. The van der Waals surface area contributed by atoms with E-state index < -0.39 is 0 Å². The van der Waals surface area contributed by atoms with Crippen molar-refractivity contribution in [1.82, 2.24) is 10.2 Å². The third-order valence-corrected chi connectivity index (χ3v) is 3.14. The van der Waals surface area contributed by atoms with Crippen molar-refractivity contribution >= 4 is 17.5 Å². The SMILES string of the molecule is CCN(CC(=O)NC(C)C)CC(=O)N(C)c1ccccc1. The summed E-state index contributed by atoms with van der Waals surface area (Å²) < 4.78 is 0. The van der Waals surface area contributed by atoms with E-state index in [1.54, 1.807) is 11.9 Å². The second kappa shape index (κ2) is 8.42. The molecule has 1 N–H and O–H groups in total. The minimum Gasteiger partial charge on any atom is -0.353 e. The normalized spacial score (nSPS) is 10.8. The highest BCUT2D eigenvalue weighted by Crippen LogP contribution is 2.11. The molecule has 1 aromatic carbocycles. The highest BCUT2D eigenvalue weighted by molar-refractivity contribution is 5.94. The number of nitrogens with zero attached hydrogens (tertiary/aromatic N) is 2. The number of carbonyl (C=O) groups is 2. The molecule has 0 aliphatic carbocycles. The van der Waals surface area contributed by atoms with Gasteiger partial charge in [0.15, 0.2) is 0 Å². The molecule has 0 spiro atoms. The quantitative estimate of drug-likeness (QED) is 0.828. The number of anilines is 1. The van der Waals surface area contributed by atoms with E-state index in [-0.39, 0.29) is 30.9 Å². The van der Waals surface area contributed by atoms with Crippen LogP contribution < -0.4 is 10.2 Å². The van der Waals surface area contributed by atoms with E-state index in [9.17, 15) is 9.59 Å². The number of rotatable bonds is 7. The standard InChI is InChI=1S/C16H25N3O2/c1-5-19(11-15(20)17-13(2)3)12-16(21)18(4)14-9-7-6-8-10-14/h6-10,13H,5,11-12H2,1-4H3,(H,17,20). The van der Waals surface area contributed by atoms with Crippen molar-refractivity contribution in [3.63, 3.8) is 0 Å². The van der Waals surface area contributed by atoms with E-state index >= 15 is 0 Å².